The Bertz CT molecular complexity index is 376. The van der Waals surface area contributed by atoms with Gasteiger partial charge in [-0.15, -0.1) is 5.10 Å². The summed E-state index contributed by atoms with van der Waals surface area (Å²) in [5.74, 6) is 0.945. The molecule has 1 fully saturated rings. The quantitative estimate of drug-likeness (QED) is 0.867. The Morgan fingerprint density at radius 2 is 2.00 bits per heavy atom. The van der Waals surface area contributed by atoms with Crippen molar-refractivity contribution in [1.82, 2.24) is 15.5 Å². The van der Waals surface area contributed by atoms with Crippen LogP contribution in [-0.4, -0.2) is 29.8 Å². The Labute approximate surface area is 110 Å². The average Bonchev–Trinajstić information content (AvgIpc) is 3.08. The predicted molar refractivity (Wildman–Crippen MR) is 74.6 cm³/mol. The molecule has 2 rings (SSSR count). The molecule has 0 aliphatic heterocycles. The normalized spacial score (nSPS) is 15.8. The van der Waals surface area contributed by atoms with Crippen LogP contribution in [0.3, 0.4) is 0 Å². The first-order valence-corrected chi connectivity index (χ1v) is 6.71. The van der Waals surface area contributed by atoms with Crippen molar-refractivity contribution in [2.24, 2.45) is 5.41 Å². The summed E-state index contributed by atoms with van der Waals surface area (Å²) in [7, 11) is 2.07. The molecule has 4 nitrogen and oxygen atoms in total. The molecule has 0 unspecified atom stereocenters. The molecule has 0 aromatic carbocycles. The molecule has 1 N–H and O–H groups in total. The fourth-order valence-corrected chi connectivity index (χ4v) is 1.98. The molecule has 0 saturated heterocycles. The van der Waals surface area contributed by atoms with Gasteiger partial charge in [-0.1, -0.05) is 20.8 Å². The van der Waals surface area contributed by atoms with E-state index in [2.05, 4.69) is 60.4 Å². The molecule has 0 radical (unpaired) electrons. The zero-order valence-corrected chi connectivity index (χ0v) is 11.9. The largest absolute Gasteiger partial charge is 0.358 e. The van der Waals surface area contributed by atoms with Gasteiger partial charge >= 0.3 is 0 Å². The number of rotatable bonds is 5. The lowest BCUT2D eigenvalue weighted by molar-refractivity contribution is 0.417. The van der Waals surface area contributed by atoms with E-state index >= 15 is 0 Å². The standard InChI is InChI=1S/C14H24N4/c1-14(2,3)10-18(4)13-8-7-12(16-17-13)9-15-11-5-6-11/h7-8,11,15H,5-6,9-10H2,1-4H3. The maximum absolute atomic E-state index is 4.30. The molecule has 100 valence electrons. The van der Waals surface area contributed by atoms with Crippen LogP contribution >= 0.6 is 0 Å². The van der Waals surface area contributed by atoms with Gasteiger partial charge in [0.15, 0.2) is 5.82 Å². The van der Waals surface area contributed by atoms with Gasteiger partial charge in [-0.05, 0) is 30.4 Å². The van der Waals surface area contributed by atoms with E-state index in [1.807, 2.05) is 0 Å². The van der Waals surface area contributed by atoms with Crippen LogP contribution in [0.1, 0.15) is 39.3 Å². The fraction of sp³-hybridized carbons (Fsp3) is 0.714. The number of hydrogen-bond donors (Lipinski definition) is 1. The van der Waals surface area contributed by atoms with Crippen LogP contribution < -0.4 is 10.2 Å². The molecule has 4 heteroatoms. The molecule has 1 heterocycles. The van der Waals surface area contributed by atoms with E-state index in [1.165, 1.54) is 12.8 Å². The molecular formula is C14H24N4. The lowest BCUT2D eigenvalue weighted by Crippen LogP contribution is -2.30. The van der Waals surface area contributed by atoms with E-state index in [1.54, 1.807) is 0 Å². The van der Waals surface area contributed by atoms with Crippen molar-refractivity contribution in [3.8, 4) is 0 Å². The number of nitrogens with zero attached hydrogens (tertiary/aromatic N) is 3. The van der Waals surface area contributed by atoms with Crippen molar-refractivity contribution in [2.75, 3.05) is 18.5 Å². The third-order valence-corrected chi connectivity index (χ3v) is 2.96. The summed E-state index contributed by atoms with van der Waals surface area (Å²) < 4.78 is 0. The molecule has 1 saturated carbocycles. The summed E-state index contributed by atoms with van der Waals surface area (Å²) >= 11 is 0. The van der Waals surface area contributed by atoms with Gasteiger partial charge < -0.3 is 10.2 Å². The van der Waals surface area contributed by atoms with Gasteiger partial charge in [-0.25, -0.2) is 0 Å². The summed E-state index contributed by atoms with van der Waals surface area (Å²) in [6.45, 7) is 8.49. The molecule has 18 heavy (non-hydrogen) atoms. The van der Waals surface area contributed by atoms with Crippen LogP contribution in [0.2, 0.25) is 0 Å². The van der Waals surface area contributed by atoms with Gasteiger partial charge in [-0.3, -0.25) is 0 Å². The summed E-state index contributed by atoms with van der Waals surface area (Å²) in [6.07, 6.45) is 2.61. The summed E-state index contributed by atoms with van der Waals surface area (Å²) in [4.78, 5) is 2.16. The first-order valence-electron chi connectivity index (χ1n) is 6.71. The van der Waals surface area contributed by atoms with E-state index in [-0.39, 0.29) is 5.41 Å². The molecule has 1 aliphatic carbocycles. The van der Waals surface area contributed by atoms with Gasteiger partial charge in [-0.2, -0.15) is 5.10 Å². The van der Waals surface area contributed by atoms with Crippen molar-refractivity contribution < 1.29 is 0 Å². The van der Waals surface area contributed by atoms with Crippen molar-refractivity contribution in [3.05, 3.63) is 17.8 Å². The molecular weight excluding hydrogens is 224 g/mol. The maximum Gasteiger partial charge on any atom is 0.151 e. The van der Waals surface area contributed by atoms with Crippen LogP contribution in [0.5, 0.6) is 0 Å². The third-order valence-electron chi connectivity index (χ3n) is 2.96. The second-order valence-corrected chi connectivity index (χ2v) is 6.45. The number of hydrogen-bond acceptors (Lipinski definition) is 4. The summed E-state index contributed by atoms with van der Waals surface area (Å²) in [6, 6.07) is 4.84. The van der Waals surface area contributed by atoms with E-state index in [9.17, 15) is 0 Å². The van der Waals surface area contributed by atoms with E-state index in [0.29, 0.717) is 0 Å². The monoisotopic (exact) mass is 248 g/mol. The molecule has 1 aliphatic rings. The highest BCUT2D eigenvalue weighted by atomic mass is 15.2. The second kappa shape index (κ2) is 5.22. The van der Waals surface area contributed by atoms with Crippen LogP contribution in [0.25, 0.3) is 0 Å². The van der Waals surface area contributed by atoms with Crippen LogP contribution in [0.15, 0.2) is 12.1 Å². The highest BCUT2D eigenvalue weighted by Gasteiger charge is 2.20. The van der Waals surface area contributed by atoms with Gasteiger partial charge in [0.05, 0.1) is 5.69 Å². The lowest BCUT2D eigenvalue weighted by Gasteiger charge is -2.27. The molecule has 0 bridgehead atoms. The zero-order chi connectivity index (χ0) is 13.2. The Morgan fingerprint density at radius 1 is 1.28 bits per heavy atom. The highest BCUT2D eigenvalue weighted by Crippen LogP contribution is 2.20. The molecule has 1 aromatic rings. The maximum atomic E-state index is 4.30. The second-order valence-electron chi connectivity index (χ2n) is 6.45. The van der Waals surface area contributed by atoms with Gasteiger partial charge in [0, 0.05) is 26.2 Å². The van der Waals surface area contributed by atoms with Crippen LogP contribution in [0, 0.1) is 5.41 Å². The van der Waals surface area contributed by atoms with Crippen LogP contribution in [-0.2, 0) is 6.54 Å². The number of anilines is 1. The predicted octanol–water partition coefficient (Wildman–Crippen LogP) is 2.21. The smallest absolute Gasteiger partial charge is 0.151 e. The number of nitrogens with one attached hydrogen (secondary N) is 1. The molecule has 0 spiro atoms. The first-order chi connectivity index (χ1) is 8.44. The third kappa shape index (κ3) is 4.26. The summed E-state index contributed by atoms with van der Waals surface area (Å²) in [5.41, 5.74) is 1.29. The Kier molecular flexibility index (Phi) is 3.85. The molecule has 1 aromatic heterocycles. The molecule has 0 atom stereocenters. The van der Waals surface area contributed by atoms with Crippen molar-refractivity contribution >= 4 is 5.82 Å². The zero-order valence-electron chi connectivity index (χ0n) is 11.9. The minimum absolute atomic E-state index is 0.266. The topological polar surface area (TPSA) is 41.0 Å². The molecule has 0 amide bonds. The van der Waals surface area contributed by atoms with Crippen molar-refractivity contribution in [1.29, 1.82) is 0 Å². The van der Waals surface area contributed by atoms with Crippen molar-refractivity contribution in [3.63, 3.8) is 0 Å². The SMILES string of the molecule is CN(CC(C)(C)C)c1ccc(CNC2CC2)nn1. The van der Waals surface area contributed by atoms with E-state index in [0.717, 1.165) is 30.6 Å². The number of aromatic nitrogens is 2. The van der Waals surface area contributed by atoms with E-state index < -0.39 is 0 Å². The Hall–Kier alpha value is -1.16. The minimum atomic E-state index is 0.266. The minimum Gasteiger partial charge on any atom is -0.358 e. The van der Waals surface area contributed by atoms with Crippen molar-refractivity contribution in [2.45, 2.75) is 46.2 Å². The Morgan fingerprint density at radius 3 is 2.50 bits per heavy atom. The first kappa shape index (κ1) is 13.3. The van der Waals surface area contributed by atoms with Gasteiger partial charge in [0.25, 0.3) is 0 Å². The van der Waals surface area contributed by atoms with Crippen LogP contribution in [0.4, 0.5) is 5.82 Å². The van der Waals surface area contributed by atoms with E-state index in [4.69, 9.17) is 0 Å². The van der Waals surface area contributed by atoms with Gasteiger partial charge in [0.2, 0.25) is 0 Å². The fourth-order valence-electron chi connectivity index (χ4n) is 1.98. The lowest BCUT2D eigenvalue weighted by atomic mass is 9.96. The van der Waals surface area contributed by atoms with Gasteiger partial charge in [0.1, 0.15) is 0 Å². The highest BCUT2D eigenvalue weighted by molar-refractivity contribution is 5.36. The average molecular weight is 248 g/mol. The summed E-state index contributed by atoms with van der Waals surface area (Å²) in [5, 5.41) is 12.0. The Balaban J connectivity index is 1.89.